The first-order valence-corrected chi connectivity index (χ1v) is 6.12. The number of halogens is 1. The van der Waals surface area contributed by atoms with Gasteiger partial charge in [-0.1, -0.05) is 11.6 Å². The number of aliphatic hydroxyl groups is 1. The molecule has 0 aliphatic carbocycles. The molecule has 0 saturated carbocycles. The molecule has 0 radical (unpaired) electrons. The number of carbonyl (C=O) groups excluding carboxylic acids is 1. The maximum atomic E-state index is 12.3. The summed E-state index contributed by atoms with van der Waals surface area (Å²) in [4.78, 5) is 28.5. The number of likely N-dealkylation sites (tertiary alicyclic amines) is 1. The summed E-state index contributed by atoms with van der Waals surface area (Å²) in [5.41, 5.74) is 0.848. The fourth-order valence-corrected chi connectivity index (χ4v) is 2.44. The van der Waals surface area contributed by atoms with Crippen LogP contribution in [0.3, 0.4) is 0 Å². The van der Waals surface area contributed by atoms with Gasteiger partial charge in [-0.25, -0.2) is 9.78 Å². The highest BCUT2D eigenvalue weighted by atomic mass is 35.5. The number of aliphatic hydroxyl groups excluding tert-OH is 1. The van der Waals surface area contributed by atoms with E-state index in [1.807, 2.05) is 0 Å². The van der Waals surface area contributed by atoms with Gasteiger partial charge in [0, 0.05) is 24.2 Å². The third-order valence-electron chi connectivity index (χ3n) is 2.99. The van der Waals surface area contributed by atoms with Gasteiger partial charge in [-0.3, -0.25) is 4.79 Å². The average molecular weight is 285 g/mol. The van der Waals surface area contributed by atoms with Gasteiger partial charge in [0.1, 0.15) is 11.2 Å². The van der Waals surface area contributed by atoms with Crippen LogP contribution in [0.5, 0.6) is 0 Å². The zero-order valence-corrected chi connectivity index (χ0v) is 11.0. The van der Waals surface area contributed by atoms with Crippen molar-refractivity contribution >= 4 is 23.5 Å². The smallest absolute Gasteiger partial charge is 0.326 e. The molecule has 19 heavy (non-hydrogen) atoms. The zero-order chi connectivity index (χ0) is 14.2. The Hall–Kier alpha value is -1.66. The Morgan fingerprint density at radius 2 is 2.16 bits per heavy atom. The number of hydrogen-bond donors (Lipinski definition) is 2. The van der Waals surface area contributed by atoms with Gasteiger partial charge in [-0.15, -0.1) is 0 Å². The maximum Gasteiger partial charge on any atom is 0.326 e. The molecular weight excluding hydrogens is 272 g/mol. The van der Waals surface area contributed by atoms with Crippen LogP contribution < -0.4 is 0 Å². The number of carbonyl (C=O) groups is 2. The van der Waals surface area contributed by atoms with Crippen LogP contribution in [0, 0.1) is 6.92 Å². The second-order valence-corrected chi connectivity index (χ2v) is 4.91. The lowest BCUT2D eigenvalue weighted by Crippen LogP contribution is -2.40. The molecule has 1 aliphatic heterocycles. The summed E-state index contributed by atoms with van der Waals surface area (Å²) in [6.45, 7) is 1.70. The molecule has 1 aromatic heterocycles. The minimum Gasteiger partial charge on any atom is -0.480 e. The van der Waals surface area contributed by atoms with E-state index in [9.17, 15) is 14.7 Å². The average Bonchev–Trinajstić information content (AvgIpc) is 2.69. The monoisotopic (exact) mass is 284 g/mol. The van der Waals surface area contributed by atoms with E-state index in [4.69, 9.17) is 16.7 Å². The Balaban J connectivity index is 2.30. The van der Waals surface area contributed by atoms with Crippen molar-refractivity contribution < 1.29 is 19.8 Å². The molecule has 0 spiro atoms. The molecular formula is C12H13ClN2O4. The van der Waals surface area contributed by atoms with Crippen LogP contribution in [0.2, 0.25) is 5.15 Å². The van der Waals surface area contributed by atoms with Crippen LogP contribution in [0.1, 0.15) is 22.5 Å². The number of pyridine rings is 1. The van der Waals surface area contributed by atoms with E-state index in [1.165, 1.54) is 12.1 Å². The topological polar surface area (TPSA) is 90.7 Å². The van der Waals surface area contributed by atoms with E-state index in [0.29, 0.717) is 5.69 Å². The molecule has 1 aliphatic rings. The summed E-state index contributed by atoms with van der Waals surface area (Å²) in [6.07, 6.45) is -0.776. The summed E-state index contributed by atoms with van der Waals surface area (Å²) in [6, 6.07) is 1.92. The van der Waals surface area contributed by atoms with Crippen LogP contribution in [0.25, 0.3) is 0 Å². The quantitative estimate of drug-likeness (QED) is 0.780. The summed E-state index contributed by atoms with van der Waals surface area (Å²) < 4.78 is 0. The van der Waals surface area contributed by atoms with Crippen molar-refractivity contribution in [3.8, 4) is 0 Å². The number of aryl methyl sites for hydroxylation is 1. The number of β-amino-alcohol motifs (C(OH)–C–C–N with tert-alkyl or cyclic N) is 1. The number of nitrogens with zero attached hydrogens (tertiary/aromatic N) is 2. The van der Waals surface area contributed by atoms with E-state index in [1.54, 1.807) is 6.92 Å². The fraction of sp³-hybridized carbons (Fsp3) is 0.417. The van der Waals surface area contributed by atoms with Crippen molar-refractivity contribution in [2.24, 2.45) is 0 Å². The van der Waals surface area contributed by atoms with Crippen molar-refractivity contribution in [3.05, 3.63) is 28.5 Å². The molecule has 7 heteroatoms. The highest BCUT2D eigenvalue weighted by molar-refractivity contribution is 6.29. The summed E-state index contributed by atoms with van der Waals surface area (Å²) in [7, 11) is 0. The lowest BCUT2D eigenvalue weighted by molar-refractivity contribution is -0.141. The lowest BCUT2D eigenvalue weighted by Gasteiger charge is -2.21. The number of carboxylic acid groups (broad SMARTS) is 1. The van der Waals surface area contributed by atoms with E-state index >= 15 is 0 Å². The number of aliphatic carboxylic acids is 1. The second kappa shape index (κ2) is 5.14. The van der Waals surface area contributed by atoms with Crippen molar-refractivity contribution in [2.45, 2.75) is 25.5 Å². The largest absolute Gasteiger partial charge is 0.480 e. The molecule has 2 heterocycles. The number of carboxylic acids is 1. The normalized spacial score (nSPS) is 22.6. The van der Waals surface area contributed by atoms with Gasteiger partial charge in [-0.2, -0.15) is 0 Å². The van der Waals surface area contributed by atoms with Crippen LogP contribution in [-0.4, -0.2) is 50.7 Å². The maximum absolute atomic E-state index is 12.3. The van der Waals surface area contributed by atoms with Gasteiger partial charge in [0.15, 0.2) is 0 Å². The Morgan fingerprint density at radius 1 is 1.47 bits per heavy atom. The first-order chi connectivity index (χ1) is 8.88. The predicted molar refractivity (Wildman–Crippen MR) is 67.1 cm³/mol. The van der Waals surface area contributed by atoms with Crippen LogP contribution in [0.4, 0.5) is 0 Å². The highest BCUT2D eigenvalue weighted by Crippen LogP contribution is 2.22. The van der Waals surface area contributed by atoms with Crippen molar-refractivity contribution in [1.29, 1.82) is 0 Å². The molecule has 0 bridgehead atoms. The van der Waals surface area contributed by atoms with E-state index in [0.717, 1.165) is 4.90 Å². The summed E-state index contributed by atoms with van der Waals surface area (Å²) in [5.74, 6) is -1.59. The Morgan fingerprint density at radius 3 is 2.74 bits per heavy atom. The summed E-state index contributed by atoms with van der Waals surface area (Å²) >= 11 is 5.78. The second-order valence-electron chi connectivity index (χ2n) is 4.52. The molecule has 2 rings (SSSR count). The Kier molecular flexibility index (Phi) is 3.73. The van der Waals surface area contributed by atoms with Crippen molar-refractivity contribution in [3.63, 3.8) is 0 Å². The van der Waals surface area contributed by atoms with Crippen LogP contribution in [0.15, 0.2) is 12.1 Å². The predicted octanol–water partition coefficient (Wildman–Crippen LogP) is 0.703. The fourth-order valence-electron chi connectivity index (χ4n) is 2.19. The van der Waals surface area contributed by atoms with Gasteiger partial charge in [-0.05, 0) is 19.1 Å². The minimum atomic E-state index is -1.12. The number of amides is 1. The molecule has 1 amide bonds. The zero-order valence-electron chi connectivity index (χ0n) is 10.2. The van der Waals surface area contributed by atoms with Gasteiger partial charge >= 0.3 is 5.97 Å². The molecule has 102 valence electrons. The molecule has 1 aromatic rings. The number of hydrogen-bond acceptors (Lipinski definition) is 4. The molecule has 2 N–H and O–H groups in total. The minimum absolute atomic E-state index is 0.00872. The highest BCUT2D eigenvalue weighted by Gasteiger charge is 2.39. The van der Waals surface area contributed by atoms with Crippen LogP contribution >= 0.6 is 11.6 Å². The van der Waals surface area contributed by atoms with Crippen molar-refractivity contribution in [1.82, 2.24) is 9.88 Å². The van der Waals surface area contributed by atoms with Crippen LogP contribution in [-0.2, 0) is 4.79 Å². The Bertz CT molecular complexity index is 514. The molecule has 6 nitrogen and oxygen atoms in total. The third-order valence-corrected chi connectivity index (χ3v) is 3.19. The van der Waals surface area contributed by atoms with E-state index < -0.39 is 24.0 Å². The number of aromatic nitrogens is 1. The third kappa shape index (κ3) is 2.85. The first kappa shape index (κ1) is 13.8. The van der Waals surface area contributed by atoms with E-state index in [2.05, 4.69) is 4.98 Å². The van der Waals surface area contributed by atoms with Crippen molar-refractivity contribution in [2.75, 3.05) is 6.54 Å². The first-order valence-electron chi connectivity index (χ1n) is 5.74. The lowest BCUT2D eigenvalue weighted by atomic mass is 10.1. The van der Waals surface area contributed by atoms with E-state index in [-0.39, 0.29) is 23.7 Å². The molecule has 1 fully saturated rings. The van der Waals surface area contributed by atoms with Gasteiger partial charge < -0.3 is 15.1 Å². The number of rotatable bonds is 2. The SMILES string of the molecule is Cc1cc(C(=O)N2CC(O)CC2C(=O)O)cc(Cl)n1. The Labute approximate surface area is 114 Å². The van der Waals surface area contributed by atoms with Gasteiger partial charge in [0.05, 0.1) is 6.10 Å². The summed E-state index contributed by atoms with van der Waals surface area (Å²) in [5, 5.41) is 18.8. The van der Waals surface area contributed by atoms with Gasteiger partial charge in [0.25, 0.3) is 5.91 Å². The molecule has 2 atom stereocenters. The molecule has 2 unspecified atom stereocenters. The molecule has 0 aromatic carbocycles. The standard InChI is InChI=1S/C12H13ClN2O4/c1-6-2-7(3-10(13)14-6)11(17)15-5-8(16)4-9(15)12(18)19/h2-3,8-9,16H,4-5H2,1H3,(H,18,19). The molecule has 1 saturated heterocycles. The van der Waals surface area contributed by atoms with Gasteiger partial charge in [0.2, 0.25) is 0 Å².